The number of aromatic nitrogens is 1. The van der Waals surface area contributed by atoms with E-state index in [1.165, 1.54) is 6.07 Å². The van der Waals surface area contributed by atoms with E-state index in [4.69, 9.17) is 22.0 Å². The van der Waals surface area contributed by atoms with Gasteiger partial charge >= 0.3 is 5.97 Å². The summed E-state index contributed by atoms with van der Waals surface area (Å²) in [5.74, 6) is -2.45. The first kappa shape index (κ1) is 18.9. The third kappa shape index (κ3) is 4.15. The standard InChI is InChI=1S/C18H12ClN3O4/c19-14-3-1-2-10(8-20)13(14)7-12-6-11(9-21)18(26)17(22-12)15(23)4-5-16(24)25/h1-3,6,26H,4-5,7H2,(H,24,25). The van der Waals surface area contributed by atoms with E-state index in [0.29, 0.717) is 16.1 Å². The second kappa shape index (κ2) is 8.11. The van der Waals surface area contributed by atoms with Gasteiger partial charge in [-0.25, -0.2) is 4.98 Å². The summed E-state index contributed by atoms with van der Waals surface area (Å²) in [6.07, 6.45) is -0.717. The minimum atomic E-state index is -1.16. The predicted molar refractivity (Wildman–Crippen MR) is 90.8 cm³/mol. The highest BCUT2D eigenvalue weighted by molar-refractivity contribution is 6.31. The lowest BCUT2D eigenvalue weighted by Crippen LogP contribution is -2.09. The number of aliphatic carboxylic acids is 1. The summed E-state index contributed by atoms with van der Waals surface area (Å²) in [4.78, 5) is 26.8. The number of pyridine rings is 1. The zero-order chi connectivity index (χ0) is 19.3. The van der Waals surface area contributed by atoms with Gasteiger partial charge in [0.25, 0.3) is 0 Å². The average molecular weight is 370 g/mol. The first-order valence-corrected chi connectivity index (χ1v) is 7.80. The number of carboxylic acid groups (broad SMARTS) is 1. The molecule has 0 aliphatic carbocycles. The summed E-state index contributed by atoms with van der Waals surface area (Å²) in [6.45, 7) is 0. The average Bonchev–Trinajstić information content (AvgIpc) is 2.62. The van der Waals surface area contributed by atoms with Crippen molar-refractivity contribution in [2.45, 2.75) is 19.3 Å². The number of carbonyl (C=O) groups excluding carboxylic acids is 1. The second-order valence-corrected chi connectivity index (χ2v) is 5.75. The third-order valence-corrected chi connectivity index (χ3v) is 3.95. The van der Waals surface area contributed by atoms with Gasteiger partial charge in [-0.2, -0.15) is 10.5 Å². The fraction of sp³-hybridized carbons (Fsp3) is 0.167. The van der Waals surface area contributed by atoms with Crippen LogP contribution in [0.1, 0.15) is 45.7 Å². The Kier molecular flexibility index (Phi) is 5.90. The fourth-order valence-electron chi connectivity index (χ4n) is 2.32. The van der Waals surface area contributed by atoms with E-state index in [2.05, 4.69) is 4.98 Å². The van der Waals surface area contributed by atoms with Crippen molar-refractivity contribution in [2.75, 3.05) is 0 Å². The largest absolute Gasteiger partial charge is 0.504 e. The number of Topliss-reactive ketones (excluding diaryl/α,β-unsaturated/α-hetero) is 1. The minimum absolute atomic E-state index is 0.0662. The summed E-state index contributed by atoms with van der Waals surface area (Å²) >= 11 is 6.12. The van der Waals surface area contributed by atoms with Gasteiger partial charge in [0.2, 0.25) is 0 Å². The number of rotatable bonds is 6. The normalized spacial score (nSPS) is 9.96. The van der Waals surface area contributed by atoms with Gasteiger partial charge < -0.3 is 10.2 Å². The van der Waals surface area contributed by atoms with Crippen LogP contribution in [-0.2, 0) is 11.2 Å². The number of carbonyl (C=O) groups is 2. The SMILES string of the molecule is N#Cc1cc(Cc2c(Cl)cccc2C#N)nc(C(=O)CCC(=O)O)c1O. The van der Waals surface area contributed by atoms with Crippen LogP contribution in [0.3, 0.4) is 0 Å². The number of hydrogen-bond acceptors (Lipinski definition) is 6. The van der Waals surface area contributed by atoms with E-state index in [9.17, 15) is 20.0 Å². The number of carboxylic acids is 1. The molecule has 2 rings (SSSR count). The van der Waals surface area contributed by atoms with Gasteiger partial charge in [-0.05, 0) is 23.8 Å². The first-order chi connectivity index (χ1) is 12.4. The van der Waals surface area contributed by atoms with Crippen molar-refractivity contribution in [1.29, 1.82) is 10.5 Å². The third-order valence-electron chi connectivity index (χ3n) is 3.59. The van der Waals surface area contributed by atoms with Crippen molar-refractivity contribution in [3.05, 3.63) is 57.4 Å². The van der Waals surface area contributed by atoms with Crippen LogP contribution in [0.4, 0.5) is 0 Å². The molecule has 0 radical (unpaired) electrons. The van der Waals surface area contributed by atoms with Crippen molar-refractivity contribution in [1.82, 2.24) is 4.98 Å². The number of ketones is 1. The Hall–Kier alpha value is -3.42. The number of nitriles is 2. The van der Waals surface area contributed by atoms with Crippen LogP contribution in [0.15, 0.2) is 24.3 Å². The molecule has 0 saturated carbocycles. The van der Waals surface area contributed by atoms with Crippen molar-refractivity contribution in [2.24, 2.45) is 0 Å². The highest BCUT2D eigenvalue weighted by Crippen LogP contribution is 2.27. The summed E-state index contributed by atoms with van der Waals surface area (Å²) in [6, 6.07) is 9.87. The van der Waals surface area contributed by atoms with Gasteiger partial charge in [-0.3, -0.25) is 9.59 Å². The second-order valence-electron chi connectivity index (χ2n) is 5.34. The van der Waals surface area contributed by atoms with Gasteiger partial charge in [-0.1, -0.05) is 17.7 Å². The Morgan fingerprint density at radius 2 is 1.85 bits per heavy atom. The van der Waals surface area contributed by atoms with E-state index in [-0.39, 0.29) is 29.8 Å². The summed E-state index contributed by atoms with van der Waals surface area (Å²) < 4.78 is 0. The lowest BCUT2D eigenvalue weighted by molar-refractivity contribution is -0.136. The number of halogens is 1. The van der Waals surface area contributed by atoms with Crippen LogP contribution in [0.5, 0.6) is 5.75 Å². The molecule has 2 N–H and O–H groups in total. The Bertz CT molecular complexity index is 974. The first-order valence-electron chi connectivity index (χ1n) is 7.42. The van der Waals surface area contributed by atoms with Crippen LogP contribution in [0.2, 0.25) is 5.02 Å². The molecule has 0 saturated heterocycles. The van der Waals surface area contributed by atoms with Gasteiger partial charge in [0.15, 0.2) is 11.5 Å². The number of benzene rings is 1. The fourth-order valence-corrected chi connectivity index (χ4v) is 2.57. The minimum Gasteiger partial charge on any atom is -0.504 e. The maximum Gasteiger partial charge on any atom is 0.303 e. The molecule has 0 aliphatic heterocycles. The van der Waals surface area contributed by atoms with E-state index in [1.807, 2.05) is 6.07 Å². The molecule has 0 unspecified atom stereocenters. The lowest BCUT2D eigenvalue weighted by Gasteiger charge is -2.10. The highest BCUT2D eigenvalue weighted by atomic mass is 35.5. The molecule has 1 aromatic heterocycles. The molecule has 2 aromatic rings. The van der Waals surface area contributed by atoms with Crippen molar-refractivity contribution in [3.63, 3.8) is 0 Å². The Balaban J connectivity index is 2.47. The van der Waals surface area contributed by atoms with E-state index in [0.717, 1.165) is 0 Å². The maximum atomic E-state index is 12.2. The molecule has 0 bridgehead atoms. The molecule has 1 aromatic carbocycles. The zero-order valence-electron chi connectivity index (χ0n) is 13.4. The van der Waals surface area contributed by atoms with Crippen LogP contribution in [0.25, 0.3) is 0 Å². The number of hydrogen-bond donors (Lipinski definition) is 2. The van der Waals surface area contributed by atoms with Crippen molar-refractivity contribution in [3.8, 4) is 17.9 Å². The molecule has 1 heterocycles. The Morgan fingerprint density at radius 3 is 2.46 bits per heavy atom. The molecule has 0 fully saturated rings. The van der Waals surface area contributed by atoms with Crippen LogP contribution in [-0.4, -0.2) is 26.9 Å². The van der Waals surface area contributed by atoms with Crippen LogP contribution in [0, 0.1) is 22.7 Å². The topological polar surface area (TPSA) is 135 Å². The lowest BCUT2D eigenvalue weighted by atomic mass is 10.0. The summed E-state index contributed by atoms with van der Waals surface area (Å²) in [5, 5.41) is 37.4. The van der Waals surface area contributed by atoms with Gasteiger partial charge in [0, 0.05) is 23.6 Å². The summed E-state index contributed by atoms with van der Waals surface area (Å²) in [5.41, 5.74) is 0.514. The predicted octanol–water partition coefficient (Wildman–Crippen LogP) is 2.82. The highest BCUT2D eigenvalue weighted by Gasteiger charge is 2.20. The van der Waals surface area contributed by atoms with Gasteiger partial charge in [-0.15, -0.1) is 0 Å². The molecule has 8 heteroatoms. The molecule has 7 nitrogen and oxygen atoms in total. The quantitative estimate of drug-likeness (QED) is 0.747. The van der Waals surface area contributed by atoms with Gasteiger partial charge in [0.05, 0.1) is 23.6 Å². The molecule has 0 amide bonds. The Labute approximate surface area is 153 Å². The molecular formula is C18H12ClN3O4. The Morgan fingerprint density at radius 1 is 1.15 bits per heavy atom. The van der Waals surface area contributed by atoms with Crippen LogP contribution >= 0.6 is 11.6 Å². The maximum absolute atomic E-state index is 12.2. The van der Waals surface area contributed by atoms with E-state index < -0.39 is 23.9 Å². The molecule has 0 aliphatic rings. The van der Waals surface area contributed by atoms with Crippen LogP contribution < -0.4 is 0 Å². The van der Waals surface area contributed by atoms with Crippen molar-refractivity contribution < 1.29 is 19.8 Å². The van der Waals surface area contributed by atoms with Crippen molar-refractivity contribution >= 4 is 23.4 Å². The van der Waals surface area contributed by atoms with E-state index in [1.54, 1.807) is 24.3 Å². The molecule has 0 spiro atoms. The number of aromatic hydroxyl groups is 1. The summed E-state index contributed by atoms with van der Waals surface area (Å²) in [7, 11) is 0. The smallest absolute Gasteiger partial charge is 0.303 e. The monoisotopic (exact) mass is 369 g/mol. The van der Waals surface area contributed by atoms with E-state index >= 15 is 0 Å². The number of nitrogens with zero attached hydrogens (tertiary/aromatic N) is 3. The van der Waals surface area contributed by atoms with Gasteiger partial charge in [0.1, 0.15) is 11.8 Å². The molecule has 130 valence electrons. The molecule has 0 atom stereocenters. The molecule has 26 heavy (non-hydrogen) atoms. The zero-order valence-corrected chi connectivity index (χ0v) is 14.1. The molecular weight excluding hydrogens is 358 g/mol.